The Hall–Kier alpha value is -4.21. The van der Waals surface area contributed by atoms with Crippen LogP contribution in [0.5, 0.6) is 0 Å². The molecule has 0 saturated heterocycles. The number of alkyl halides is 6. The van der Waals surface area contributed by atoms with Crippen molar-refractivity contribution in [2.75, 3.05) is 0 Å². The summed E-state index contributed by atoms with van der Waals surface area (Å²) in [7, 11) is 0. The number of benzene rings is 3. The first kappa shape index (κ1) is 25.9. The quantitative estimate of drug-likeness (QED) is 0.281. The smallest absolute Gasteiger partial charge is 0.433 e. The number of halogens is 6. The Bertz CT molecular complexity index is 1510. The molecule has 0 atom stereocenters. The molecule has 4 rings (SSSR count). The van der Waals surface area contributed by atoms with Crippen LogP contribution in [0.4, 0.5) is 26.3 Å². The lowest BCUT2D eigenvalue weighted by Gasteiger charge is -2.14. The van der Waals surface area contributed by atoms with E-state index in [1.165, 1.54) is 31.2 Å². The van der Waals surface area contributed by atoms with Gasteiger partial charge in [-0.25, -0.2) is 14.8 Å². The first-order valence-electron chi connectivity index (χ1n) is 10.8. The van der Waals surface area contributed by atoms with Gasteiger partial charge in [-0.05, 0) is 72.5 Å². The maximum absolute atomic E-state index is 13.7. The summed E-state index contributed by atoms with van der Waals surface area (Å²) in [5.74, 6) is -1.47. The first-order chi connectivity index (χ1) is 17.2. The Labute approximate surface area is 207 Å². The van der Waals surface area contributed by atoms with Gasteiger partial charge >= 0.3 is 18.3 Å². The second-order valence-electron chi connectivity index (χ2n) is 8.46. The second kappa shape index (κ2) is 9.34. The SMILES string of the molecule is Cc1cc(-c2cc(C(F)(F)F)nc(-c3cccc(-c4ccc(C)c(C(=O)O)c4)c3)n2)cc(C(F)(F)F)c1. The van der Waals surface area contributed by atoms with Crippen LogP contribution in [0, 0.1) is 13.8 Å². The zero-order valence-corrected chi connectivity index (χ0v) is 19.4. The van der Waals surface area contributed by atoms with Crippen molar-refractivity contribution < 1.29 is 36.2 Å². The van der Waals surface area contributed by atoms with Gasteiger partial charge in [0, 0.05) is 11.1 Å². The molecule has 1 N–H and O–H groups in total. The van der Waals surface area contributed by atoms with Crippen molar-refractivity contribution in [1.82, 2.24) is 9.97 Å². The van der Waals surface area contributed by atoms with Crippen molar-refractivity contribution in [3.63, 3.8) is 0 Å². The summed E-state index contributed by atoms with van der Waals surface area (Å²) in [4.78, 5) is 19.3. The molecule has 3 aromatic carbocycles. The minimum atomic E-state index is -4.88. The van der Waals surface area contributed by atoms with Crippen LogP contribution in [0.15, 0.2) is 66.7 Å². The van der Waals surface area contributed by atoms with Crippen LogP contribution in [-0.4, -0.2) is 21.0 Å². The largest absolute Gasteiger partial charge is 0.478 e. The van der Waals surface area contributed by atoms with Crippen molar-refractivity contribution in [2.45, 2.75) is 26.2 Å². The number of carboxylic acids is 1. The lowest BCUT2D eigenvalue weighted by Crippen LogP contribution is -2.11. The van der Waals surface area contributed by atoms with Gasteiger partial charge in [-0.15, -0.1) is 0 Å². The van der Waals surface area contributed by atoms with Gasteiger partial charge in [0.15, 0.2) is 5.82 Å². The summed E-state index contributed by atoms with van der Waals surface area (Å²) in [6.07, 6.45) is -9.57. The van der Waals surface area contributed by atoms with Gasteiger partial charge < -0.3 is 5.11 Å². The van der Waals surface area contributed by atoms with Crippen molar-refractivity contribution in [3.8, 4) is 33.8 Å². The molecule has 1 heterocycles. The minimum absolute atomic E-state index is 0.0698. The molecule has 0 radical (unpaired) electrons. The monoisotopic (exact) mass is 516 g/mol. The molecule has 10 heteroatoms. The average Bonchev–Trinajstić information content (AvgIpc) is 2.82. The van der Waals surface area contributed by atoms with Crippen LogP contribution in [0.3, 0.4) is 0 Å². The Morgan fingerprint density at radius 1 is 0.730 bits per heavy atom. The predicted octanol–water partition coefficient (Wildman–Crippen LogP) is 7.83. The van der Waals surface area contributed by atoms with Crippen LogP contribution in [0.25, 0.3) is 33.8 Å². The fourth-order valence-corrected chi connectivity index (χ4v) is 3.83. The number of carbonyl (C=O) groups is 1. The number of carboxylic acid groups (broad SMARTS) is 1. The summed E-state index contributed by atoms with van der Waals surface area (Å²) < 4.78 is 81.1. The number of aryl methyl sites for hydroxylation is 2. The highest BCUT2D eigenvalue weighted by molar-refractivity contribution is 5.91. The standard InChI is InChI=1S/C27H18F6N2O2/c1-14-8-19(11-20(9-14)26(28,29)30)22-13-23(27(31,32)33)35-24(34-22)18-5-3-4-16(10-18)17-7-6-15(2)21(12-17)25(36)37/h3-13H,1-2H3,(H,36,37). The van der Waals surface area contributed by atoms with Crippen LogP contribution in [-0.2, 0) is 12.4 Å². The van der Waals surface area contributed by atoms with Gasteiger partial charge in [0.1, 0.15) is 5.69 Å². The first-order valence-corrected chi connectivity index (χ1v) is 10.8. The lowest BCUT2D eigenvalue weighted by molar-refractivity contribution is -0.141. The number of rotatable bonds is 4. The Morgan fingerprint density at radius 2 is 1.41 bits per heavy atom. The summed E-state index contributed by atoms with van der Waals surface area (Å²) in [5, 5.41) is 9.41. The van der Waals surface area contributed by atoms with Gasteiger partial charge in [-0.3, -0.25) is 0 Å². The summed E-state index contributed by atoms with van der Waals surface area (Å²) in [6.45, 7) is 3.04. The van der Waals surface area contributed by atoms with Gasteiger partial charge in [-0.2, -0.15) is 26.3 Å². The highest BCUT2D eigenvalue weighted by Gasteiger charge is 2.35. The summed E-state index contributed by atoms with van der Waals surface area (Å²) in [5.41, 5.74) is -0.788. The van der Waals surface area contributed by atoms with E-state index in [2.05, 4.69) is 9.97 Å². The molecule has 0 saturated carbocycles. The van der Waals surface area contributed by atoms with E-state index in [1.54, 1.807) is 31.2 Å². The van der Waals surface area contributed by atoms with Crippen LogP contribution < -0.4 is 0 Å². The molecule has 0 aliphatic heterocycles. The van der Waals surface area contributed by atoms with Crippen LogP contribution >= 0.6 is 0 Å². The van der Waals surface area contributed by atoms with E-state index < -0.39 is 29.6 Å². The van der Waals surface area contributed by atoms with Crippen molar-refractivity contribution >= 4 is 5.97 Å². The molecule has 0 bridgehead atoms. The van der Waals surface area contributed by atoms with Crippen LogP contribution in [0.1, 0.15) is 32.7 Å². The molecular formula is C27H18F6N2O2. The van der Waals surface area contributed by atoms with E-state index in [0.717, 1.165) is 12.1 Å². The van der Waals surface area contributed by atoms with Crippen molar-refractivity contribution in [2.24, 2.45) is 0 Å². The molecule has 0 amide bonds. The van der Waals surface area contributed by atoms with Gasteiger partial charge in [-0.1, -0.05) is 30.3 Å². The van der Waals surface area contributed by atoms with Crippen molar-refractivity contribution in [1.29, 1.82) is 0 Å². The fourth-order valence-electron chi connectivity index (χ4n) is 3.83. The zero-order valence-electron chi connectivity index (χ0n) is 19.4. The molecule has 0 spiro atoms. The molecule has 0 aliphatic carbocycles. The Morgan fingerprint density at radius 3 is 2.05 bits per heavy atom. The number of nitrogens with zero attached hydrogens (tertiary/aromatic N) is 2. The molecule has 0 unspecified atom stereocenters. The molecule has 4 aromatic rings. The number of hydrogen-bond donors (Lipinski definition) is 1. The summed E-state index contributed by atoms with van der Waals surface area (Å²) >= 11 is 0. The lowest BCUT2D eigenvalue weighted by atomic mass is 9.98. The molecule has 190 valence electrons. The maximum Gasteiger partial charge on any atom is 0.433 e. The Balaban J connectivity index is 1.88. The average molecular weight is 516 g/mol. The van der Waals surface area contributed by atoms with E-state index in [0.29, 0.717) is 22.8 Å². The topological polar surface area (TPSA) is 63.1 Å². The Kier molecular flexibility index (Phi) is 6.53. The third-order valence-corrected chi connectivity index (χ3v) is 5.64. The third-order valence-electron chi connectivity index (χ3n) is 5.64. The molecule has 4 nitrogen and oxygen atoms in total. The molecule has 37 heavy (non-hydrogen) atoms. The molecule has 1 aromatic heterocycles. The third kappa shape index (κ3) is 5.63. The normalized spacial score (nSPS) is 12.0. The number of hydrogen-bond acceptors (Lipinski definition) is 3. The minimum Gasteiger partial charge on any atom is -0.478 e. The number of aromatic nitrogens is 2. The zero-order chi connectivity index (χ0) is 27.1. The van der Waals surface area contributed by atoms with E-state index in [1.807, 2.05) is 0 Å². The van der Waals surface area contributed by atoms with Gasteiger partial charge in [0.05, 0.1) is 16.8 Å². The maximum atomic E-state index is 13.7. The second-order valence-corrected chi connectivity index (χ2v) is 8.46. The highest BCUT2D eigenvalue weighted by atomic mass is 19.4. The van der Waals surface area contributed by atoms with Gasteiger partial charge in [0.25, 0.3) is 0 Å². The number of aromatic carboxylic acids is 1. The van der Waals surface area contributed by atoms with Crippen molar-refractivity contribution in [3.05, 3.63) is 94.7 Å². The predicted molar refractivity (Wildman–Crippen MR) is 125 cm³/mol. The van der Waals surface area contributed by atoms with E-state index in [-0.39, 0.29) is 33.8 Å². The van der Waals surface area contributed by atoms with E-state index in [9.17, 15) is 36.2 Å². The molecule has 0 aliphatic rings. The fraction of sp³-hybridized carbons (Fsp3) is 0.148. The molecular weight excluding hydrogens is 498 g/mol. The van der Waals surface area contributed by atoms with Gasteiger partial charge in [0.2, 0.25) is 0 Å². The summed E-state index contributed by atoms with van der Waals surface area (Å²) in [6, 6.07) is 14.4. The van der Waals surface area contributed by atoms with E-state index >= 15 is 0 Å². The van der Waals surface area contributed by atoms with E-state index in [4.69, 9.17) is 0 Å². The highest BCUT2D eigenvalue weighted by Crippen LogP contribution is 2.36. The van der Waals surface area contributed by atoms with Crippen LogP contribution in [0.2, 0.25) is 0 Å². The molecule has 0 fully saturated rings.